The van der Waals surface area contributed by atoms with Gasteiger partial charge in [-0.1, -0.05) is 0 Å². The smallest absolute Gasteiger partial charge is 0.237 e. The summed E-state index contributed by atoms with van der Waals surface area (Å²) in [5, 5.41) is 3.55. The highest BCUT2D eigenvalue weighted by Crippen LogP contribution is 2.55. The van der Waals surface area contributed by atoms with Gasteiger partial charge in [0.05, 0.1) is 6.04 Å². The summed E-state index contributed by atoms with van der Waals surface area (Å²) in [4.78, 5) is 26.3. The fourth-order valence-corrected chi connectivity index (χ4v) is 6.56. The monoisotopic (exact) mass is 369 g/mol. The van der Waals surface area contributed by atoms with E-state index in [0.29, 0.717) is 0 Å². The van der Waals surface area contributed by atoms with Gasteiger partial charge in [-0.3, -0.25) is 9.69 Å². The van der Waals surface area contributed by atoms with Gasteiger partial charge in [0.1, 0.15) is 0 Å². The molecule has 4 aliphatic carbocycles. The summed E-state index contributed by atoms with van der Waals surface area (Å²) in [5.74, 6) is 3.62. The van der Waals surface area contributed by atoms with Crippen molar-refractivity contribution >= 4 is 11.9 Å². The van der Waals surface area contributed by atoms with Crippen molar-refractivity contribution < 1.29 is 4.79 Å². The van der Waals surface area contributed by atoms with Crippen LogP contribution < -0.4 is 10.2 Å². The van der Waals surface area contributed by atoms with Crippen LogP contribution in [0.5, 0.6) is 0 Å². The van der Waals surface area contributed by atoms with Gasteiger partial charge in [-0.15, -0.1) is 0 Å². The molecule has 1 amide bonds. The number of hydrogen-bond donors (Lipinski definition) is 1. The van der Waals surface area contributed by atoms with Gasteiger partial charge < -0.3 is 10.2 Å². The van der Waals surface area contributed by atoms with Crippen molar-refractivity contribution in [2.75, 3.05) is 31.1 Å². The standard InChI is InChI=1S/C21H31N5O/c1-15(25-5-7-26(8-6-25)20-22-3-2-4-23-20)19(27)24-21-12-16-9-17(13-21)11-18(10-16)14-21/h2-4,15-18H,5-14H2,1H3,(H,24,27)/t15-,16?,17?,18?,21?/m0/s1. The third-order valence-electron chi connectivity index (χ3n) is 7.50. The Bertz CT molecular complexity index is 650. The highest BCUT2D eigenvalue weighted by Gasteiger charge is 2.51. The Morgan fingerprint density at radius 2 is 1.59 bits per heavy atom. The molecule has 1 atom stereocenters. The molecule has 0 radical (unpaired) electrons. The van der Waals surface area contributed by atoms with Crippen LogP contribution in [0.3, 0.4) is 0 Å². The van der Waals surface area contributed by atoms with E-state index in [0.717, 1.165) is 49.9 Å². The first-order valence-corrected chi connectivity index (χ1v) is 10.7. The molecule has 5 fully saturated rings. The predicted octanol–water partition coefficient (Wildman–Crippen LogP) is 2.07. The average molecular weight is 370 g/mol. The van der Waals surface area contributed by atoms with E-state index in [9.17, 15) is 4.79 Å². The number of anilines is 1. The van der Waals surface area contributed by atoms with Crippen molar-refractivity contribution in [1.29, 1.82) is 0 Å². The number of hydrogen-bond acceptors (Lipinski definition) is 5. The maximum absolute atomic E-state index is 13.1. The van der Waals surface area contributed by atoms with Crippen LogP contribution in [0.25, 0.3) is 0 Å². The van der Waals surface area contributed by atoms with Gasteiger partial charge in [0, 0.05) is 44.1 Å². The lowest BCUT2D eigenvalue weighted by molar-refractivity contribution is -0.131. The molecule has 6 nitrogen and oxygen atoms in total. The second kappa shape index (κ2) is 6.73. The van der Waals surface area contributed by atoms with E-state index in [4.69, 9.17) is 0 Å². The Labute approximate surface area is 161 Å². The molecule has 6 rings (SSSR count). The van der Waals surface area contributed by atoms with Gasteiger partial charge in [0.2, 0.25) is 11.9 Å². The fourth-order valence-electron chi connectivity index (χ4n) is 6.56. The van der Waals surface area contributed by atoms with E-state index in [2.05, 4.69) is 32.0 Å². The number of rotatable bonds is 4. The second-order valence-corrected chi connectivity index (χ2v) is 9.43. The van der Waals surface area contributed by atoms with Gasteiger partial charge >= 0.3 is 0 Å². The molecule has 1 aliphatic heterocycles. The predicted molar refractivity (Wildman–Crippen MR) is 104 cm³/mol. The summed E-state index contributed by atoms with van der Waals surface area (Å²) in [5.41, 5.74) is 0.111. The number of carbonyl (C=O) groups is 1. The fraction of sp³-hybridized carbons (Fsp3) is 0.762. The Kier molecular flexibility index (Phi) is 4.34. The van der Waals surface area contributed by atoms with Gasteiger partial charge in [-0.25, -0.2) is 9.97 Å². The number of piperazine rings is 1. The topological polar surface area (TPSA) is 61.4 Å². The molecule has 27 heavy (non-hydrogen) atoms. The first kappa shape index (κ1) is 17.4. The van der Waals surface area contributed by atoms with Crippen LogP contribution in [0.4, 0.5) is 5.95 Å². The van der Waals surface area contributed by atoms with Crippen molar-refractivity contribution in [3.8, 4) is 0 Å². The Balaban J connectivity index is 1.18. The summed E-state index contributed by atoms with van der Waals surface area (Å²) in [6.45, 7) is 5.59. The van der Waals surface area contributed by atoms with Crippen LogP contribution in [-0.4, -0.2) is 58.5 Å². The highest BCUT2D eigenvalue weighted by molar-refractivity contribution is 5.82. The number of amides is 1. The zero-order valence-electron chi connectivity index (χ0n) is 16.3. The van der Waals surface area contributed by atoms with E-state index in [1.807, 2.05) is 6.07 Å². The van der Waals surface area contributed by atoms with Crippen LogP contribution >= 0.6 is 0 Å². The van der Waals surface area contributed by atoms with Crippen LogP contribution in [-0.2, 0) is 4.79 Å². The summed E-state index contributed by atoms with van der Waals surface area (Å²) >= 11 is 0. The van der Waals surface area contributed by atoms with Gasteiger partial charge in [-0.05, 0) is 69.3 Å². The Morgan fingerprint density at radius 3 is 2.15 bits per heavy atom. The minimum atomic E-state index is -0.0585. The molecule has 146 valence electrons. The lowest BCUT2D eigenvalue weighted by atomic mass is 9.53. The van der Waals surface area contributed by atoms with Crippen molar-refractivity contribution in [2.45, 2.75) is 57.0 Å². The molecule has 1 saturated heterocycles. The Morgan fingerprint density at radius 1 is 1.04 bits per heavy atom. The molecule has 0 spiro atoms. The molecular weight excluding hydrogens is 338 g/mol. The second-order valence-electron chi connectivity index (χ2n) is 9.43. The quantitative estimate of drug-likeness (QED) is 0.880. The molecule has 4 saturated carbocycles. The van der Waals surface area contributed by atoms with E-state index in [-0.39, 0.29) is 17.5 Å². The number of aromatic nitrogens is 2. The molecule has 4 bridgehead atoms. The van der Waals surface area contributed by atoms with Crippen molar-refractivity contribution in [3.63, 3.8) is 0 Å². The minimum Gasteiger partial charge on any atom is -0.349 e. The van der Waals surface area contributed by atoms with Crippen molar-refractivity contribution in [1.82, 2.24) is 20.2 Å². The number of nitrogens with zero attached hydrogens (tertiary/aromatic N) is 4. The SMILES string of the molecule is C[C@@H](C(=O)NC12CC3CC(CC(C3)C1)C2)N1CCN(c2ncccn2)CC1. The molecule has 0 aromatic carbocycles. The first-order valence-electron chi connectivity index (χ1n) is 10.7. The van der Waals surface area contributed by atoms with Crippen molar-refractivity contribution in [2.24, 2.45) is 17.8 Å². The maximum atomic E-state index is 13.1. The lowest BCUT2D eigenvalue weighted by Gasteiger charge is -2.57. The molecule has 5 aliphatic rings. The number of carbonyl (C=O) groups excluding carboxylic acids is 1. The Hall–Kier alpha value is -1.69. The van der Waals surface area contributed by atoms with Gasteiger partial charge in [0.25, 0.3) is 0 Å². The third-order valence-corrected chi connectivity index (χ3v) is 7.50. The summed E-state index contributed by atoms with van der Waals surface area (Å²) in [7, 11) is 0. The van der Waals surface area contributed by atoms with E-state index in [1.54, 1.807) is 12.4 Å². The summed E-state index contributed by atoms with van der Waals surface area (Å²) in [6.07, 6.45) is 11.5. The molecule has 0 unspecified atom stereocenters. The summed E-state index contributed by atoms with van der Waals surface area (Å²) in [6, 6.07) is 1.79. The first-order chi connectivity index (χ1) is 13.1. The third kappa shape index (κ3) is 3.33. The van der Waals surface area contributed by atoms with Crippen molar-refractivity contribution in [3.05, 3.63) is 18.5 Å². The summed E-state index contributed by atoms with van der Waals surface area (Å²) < 4.78 is 0. The van der Waals surface area contributed by atoms with Crippen LogP contribution in [0.1, 0.15) is 45.4 Å². The van der Waals surface area contributed by atoms with Gasteiger partial charge in [0.15, 0.2) is 0 Å². The normalized spacial score (nSPS) is 36.6. The van der Waals surface area contributed by atoms with E-state index >= 15 is 0 Å². The van der Waals surface area contributed by atoms with Crippen LogP contribution in [0.15, 0.2) is 18.5 Å². The zero-order valence-corrected chi connectivity index (χ0v) is 16.3. The minimum absolute atomic E-state index is 0.0585. The molecule has 1 N–H and O–H groups in total. The maximum Gasteiger partial charge on any atom is 0.237 e. The molecule has 6 heteroatoms. The molecule has 2 heterocycles. The van der Waals surface area contributed by atoms with Crippen LogP contribution in [0, 0.1) is 17.8 Å². The molecule has 1 aromatic heterocycles. The average Bonchev–Trinajstić information content (AvgIpc) is 2.67. The van der Waals surface area contributed by atoms with E-state index in [1.165, 1.54) is 38.5 Å². The zero-order chi connectivity index (χ0) is 18.4. The lowest BCUT2D eigenvalue weighted by Crippen LogP contribution is -2.63. The van der Waals surface area contributed by atoms with E-state index < -0.39 is 0 Å². The highest BCUT2D eigenvalue weighted by atomic mass is 16.2. The number of nitrogens with one attached hydrogen (secondary N) is 1. The van der Waals surface area contributed by atoms with Gasteiger partial charge in [-0.2, -0.15) is 0 Å². The van der Waals surface area contributed by atoms with Crippen LogP contribution in [0.2, 0.25) is 0 Å². The largest absolute Gasteiger partial charge is 0.349 e. The molecule has 1 aromatic rings. The molecular formula is C21H31N5O.